The zero-order valence-corrected chi connectivity index (χ0v) is 18.3. The van der Waals surface area contributed by atoms with Gasteiger partial charge in [0.1, 0.15) is 6.61 Å². The molecule has 0 fully saturated rings. The first-order valence-corrected chi connectivity index (χ1v) is 10.3. The summed E-state index contributed by atoms with van der Waals surface area (Å²) in [5.74, 6) is 1.07. The Labute approximate surface area is 185 Å². The topological polar surface area (TPSA) is 48.3 Å². The summed E-state index contributed by atoms with van der Waals surface area (Å²) >= 11 is 18.6. The number of halogens is 3. The van der Waals surface area contributed by atoms with Gasteiger partial charge in [-0.2, -0.15) is 0 Å². The number of imidazole rings is 1. The van der Waals surface area contributed by atoms with E-state index in [4.69, 9.17) is 44.3 Å². The Kier molecular flexibility index (Phi) is 8.07. The van der Waals surface area contributed by atoms with Gasteiger partial charge in [-0.25, -0.2) is 4.98 Å². The Balaban J connectivity index is 1.56. The molecule has 0 atom stereocenters. The van der Waals surface area contributed by atoms with Gasteiger partial charge in [-0.1, -0.05) is 40.9 Å². The van der Waals surface area contributed by atoms with Crippen molar-refractivity contribution >= 4 is 34.8 Å². The van der Waals surface area contributed by atoms with Gasteiger partial charge >= 0.3 is 0 Å². The van der Waals surface area contributed by atoms with Crippen LogP contribution in [0.5, 0.6) is 11.5 Å². The summed E-state index contributed by atoms with van der Waals surface area (Å²) in [4.78, 5) is 4.04. The molecule has 1 aromatic heterocycles. The number of methoxy groups -OCH3 is 1. The summed E-state index contributed by atoms with van der Waals surface area (Å²) < 4.78 is 13.4. The first-order valence-electron chi connectivity index (χ1n) is 9.16. The number of nitrogens with zero attached hydrogens (tertiary/aromatic N) is 2. The van der Waals surface area contributed by atoms with Crippen molar-refractivity contribution in [2.45, 2.75) is 26.1 Å². The number of ether oxygens (including phenoxy) is 2. The third-order valence-electron chi connectivity index (χ3n) is 4.33. The van der Waals surface area contributed by atoms with Crippen LogP contribution in [0.3, 0.4) is 0 Å². The van der Waals surface area contributed by atoms with Crippen molar-refractivity contribution in [3.63, 3.8) is 0 Å². The molecule has 0 unspecified atom stereocenters. The lowest BCUT2D eigenvalue weighted by atomic mass is 10.2. The number of rotatable bonds is 10. The second-order valence-corrected chi connectivity index (χ2v) is 7.72. The smallest absolute Gasteiger partial charge is 0.180 e. The maximum Gasteiger partial charge on any atom is 0.180 e. The Morgan fingerprint density at radius 1 is 1.10 bits per heavy atom. The highest BCUT2D eigenvalue weighted by atomic mass is 35.5. The molecule has 8 heteroatoms. The largest absolute Gasteiger partial charge is 0.493 e. The summed E-state index contributed by atoms with van der Waals surface area (Å²) in [7, 11) is 1.59. The van der Waals surface area contributed by atoms with Crippen molar-refractivity contribution in [1.29, 1.82) is 0 Å². The zero-order valence-electron chi connectivity index (χ0n) is 16.0. The van der Waals surface area contributed by atoms with E-state index in [1.807, 2.05) is 30.7 Å². The number of aromatic nitrogens is 2. The molecule has 0 amide bonds. The van der Waals surface area contributed by atoms with Crippen LogP contribution >= 0.6 is 34.8 Å². The third kappa shape index (κ3) is 6.28. The molecule has 0 aliphatic rings. The highest BCUT2D eigenvalue weighted by Gasteiger charge is 2.13. The molecule has 1 heterocycles. The van der Waals surface area contributed by atoms with E-state index in [1.165, 1.54) is 0 Å². The van der Waals surface area contributed by atoms with Crippen LogP contribution < -0.4 is 14.8 Å². The molecular formula is C21H22Cl3N3O2. The van der Waals surface area contributed by atoms with Crippen molar-refractivity contribution in [3.05, 3.63) is 75.2 Å². The molecular weight excluding hydrogens is 433 g/mol. The molecule has 0 radical (unpaired) electrons. The fourth-order valence-corrected chi connectivity index (χ4v) is 3.59. The lowest BCUT2D eigenvalue weighted by molar-refractivity contribution is 0.284. The molecule has 0 aliphatic heterocycles. The summed E-state index contributed by atoms with van der Waals surface area (Å²) in [6.45, 7) is 2.75. The summed E-state index contributed by atoms with van der Waals surface area (Å²) in [5.41, 5.74) is 1.84. The van der Waals surface area contributed by atoms with Crippen molar-refractivity contribution < 1.29 is 9.47 Å². The molecule has 154 valence electrons. The quantitative estimate of drug-likeness (QED) is 0.404. The van der Waals surface area contributed by atoms with Crippen molar-refractivity contribution in [2.24, 2.45) is 0 Å². The second kappa shape index (κ2) is 10.7. The fourth-order valence-electron chi connectivity index (χ4n) is 2.84. The number of hydrogen-bond acceptors (Lipinski definition) is 4. The van der Waals surface area contributed by atoms with Crippen LogP contribution in [0.25, 0.3) is 0 Å². The highest BCUT2D eigenvalue weighted by Crippen LogP contribution is 2.37. The molecule has 0 aliphatic carbocycles. The van der Waals surface area contributed by atoms with E-state index < -0.39 is 0 Å². The van der Waals surface area contributed by atoms with Crippen molar-refractivity contribution in [1.82, 2.24) is 14.9 Å². The van der Waals surface area contributed by atoms with Crippen molar-refractivity contribution in [2.75, 3.05) is 13.7 Å². The molecule has 3 aromatic rings. The molecule has 0 saturated carbocycles. The molecule has 0 spiro atoms. The Morgan fingerprint density at radius 2 is 1.97 bits per heavy atom. The van der Waals surface area contributed by atoms with Crippen LogP contribution in [-0.2, 0) is 19.7 Å². The number of aryl methyl sites for hydroxylation is 1. The van der Waals surface area contributed by atoms with Gasteiger partial charge in [0.25, 0.3) is 0 Å². The highest BCUT2D eigenvalue weighted by molar-refractivity contribution is 6.35. The molecule has 3 rings (SSSR count). The van der Waals surface area contributed by atoms with Gasteiger partial charge in [-0.3, -0.25) is 0 Å². The van der Waals surface area contributed by atoms with E-state index in [0.717, 1.165) is 30.6 Å². The maximum absolute atomic E-state index is 6.46. The van der Waals surface area contributed by atoms with Gasteiger partial charge in [0.2, 0.25) is 0 Å². The van der Waals surface area contributed by atoms with Crippen LogP contribution in [0.4, 0.5) is 0 Å². The van der Waals surface area contributed by atoms with Crippen LogP contribution in [0, 0.1) is 0 Å². The Bertz CT molecular complexity index is 933. The maximum atomic E-state index is 6.46. The van der Waals surface area contributed by atoms with E-state index in [0.29, 0.717) is 33.1 Å². The van der Waals surface area contributed by atoms with Crippen molar-refractivity contribution in [3.8, 4) is 11.5 Å². The molecule has 0 saturated heterocycles. The van der Waals surface area contributed by atoms with Gasteiger partial charge < -0.3 is 19.4 Å². The van der Waals surface area contributed by atoms with E-state index >= 15 is 0 Å². The average Bonchev–Trinajstić information content (AvgIpc) is 3.21. The number of nitrogens with one attached hydrogen (secondary N) is 1. The van der Waals surface area contributed by atoms with Gasteiger partial charge in [0.15, 0.2) is 11.5 Å². The van der Waals surface area contributed by atoms with E-state index in [2.05, 4.69) is 14.9 Å². The van der Waals surface area contributed by atoms with Crippen LogP contribution in [0.2, 0.25) is 15.1 Å². The predicted octanol–water partition coefficient (Wildman–Crippen LogP) is 5.61. The Morgan fingerprint density at radius 3 is 2.69 bits per heavy atom. The van der Waals surface area contributed by atoms with Gasteiger partial charge in [-0.05, 0) is 42.8 Å². The molecule has 5 nitrogen and oxygen atoms in total. The number of hydrogen-bond donors (Lipinski definition) is 1. The summed E-state index contributed by atoms with van der Waals surface area (Å²) in [6, 6.07) is 9.08. The summed E-state index contributed by atoms with van der Waals surface area (Å²) in [5, 5.41) is 5.03. The normalized spacial score (nSPS) is 10.9. The molecule has 2 aromatic carbocycles. The first-order chi connectivity index (χ1) is 14.1. The molecule has 1 N–H and O–H groups in total. The van der Waals surface area contributed by atoms with E-state index in [-0.39, 0.29) is 6.61 Å². The van der Waals surface area contributed by atoms with Gasteiger partial charge in [0, 0.05) is 41.1 Å². The average molecular weight is 455 g/mol. The molecule has 0 bridgehead atoms. The van der Waals surface area contributed by atoms with Gasteiger partial charge in [-0.15, -0.1) is 0 Å². The predicted molar refractivity (Wildman–Crippen MR) is 117 cm³/mol. The van der Waals surface area contributed by atoms with Crippen LogP contribution in [0.1, 0.15) is 17.5 Å². The van der Waals surface area contributed by atoms with Crippen LogP contribution in [0.15, 0.2) is 49.1 Å². The minimum atomic E-state index is 0.262. The Hall–Kier alpha value is -1.92. The number of benzene rings is 2. The van der Waals surface area contributed by atoms with Gasteiger partial charge in [0.05, 0.1) is 18.5 Å². The third-order valence-corrected chi connectivity index (χ3v) is 5.20. The fraction of sp³-hybridized carbons (Fsp3) is 0.286. The molecule has 29 heavy (non-hydrogen) atoms. The van der Waals surface area contributed by atoms with Crippen LogP contribution in [-0.4, -0.2) is 23.2 Å². The first kappa shape index (κ1) is 21.8. The lowest BCUT2D eigenvalue weighted by Crippen LogP contribution is -2.16. The minimum absolute atomic E-state index is 0.262. The second-order valence-electron chi connectivity index (χ2n) is 6.46. The monoisotopic (exact) mass is 453 g/mol. The SMILES string of the molecule is COc1cc(CNCCCn2ccnc2)cc(Cl)c1OCc1ccc(Cl)cc1Cl. The zero-order chi connectivity index (χ0) is 20.6. The lowest BCUT2D eigenvalue weighted by Gasteiger charge is -2.15. The van der Waals surface area contributed by atoms with E-state index in [9.17, 15) is 0 Å². The minimum Gasteiger partial charge on any atom is -0.493 e. The van der Waals surface area contributed by atoms with E-state index in [1.54, 1.807) is 25.4 Å². The summed E-state index contributed by atoms with van der Waals surface area (Å²) in [6.07, 6.45) is 6.57. The standard InChI is InChI=1S/C21H22Cl3N3O2/c1-28-20-10-15(12-25-5-2-7-27-8-6-26-14-27)9-19(24)21(20)29-13-16-3-4-17(22)11-18(16)23/h3-4,6,8-11,14,25H,2,5,7,12-13H2,1H3.